The predicted molar refractivity (Wildman–Crippen MR) is 107 cm³/mol. The third-order valence-electron chi connectivity index (χ3n) is 3.80. The summed E-state index contributed by atoms with van der Waals surface area (Å²) in [6, 6.07) is 12.6. The summed E-state index contributed by atoms with van der Waals surface area (Å²) in [5, 5.41) is 14.8. The monoisotopic (exact) mass is 404 g/mol. The fourth-order valence-electron chi connectivity index (χ4n) is 2.40. The van der Waals surface area contributed by atoms with Gasteiger partial charge in [0.2, 0.25) is 10.0 Å². The van der Waals surface area contributed by atoms with Gasteiger partial charge in [0.1, 0.15) is 6.54 Å². The molecule has 0 spiro atoms. The van der Waals surface area contributed by atoms with Crippen LogP contribution in [0.5, 0.6) is 0 Å². The number of carbonyl (C=O) groups is 1. The van der Waals surface area contributed by atoms with Crippen LogP contribution in [0.1, 0.15) is 18.1 Å². The molecule has 2 aromatic carbocycles. The van der Waals surface area contributed by atoms with Gasteiger partial charge in [0.05, 0.1) is 22.6 Å². The highest BCUT2D eigenvalue weighted by molar-refractivity contribution is 7.92. The zero-order valence-corrected chi connectivity index (χ0v) is 16.4. The Morgan fingerprint density at radius 2 is 1.89 bits per heavy atom. The number of nitrogens with zero attached hydrogens (tertiary/aromatic N) is 3. The van der Waals surface area contributed by atoms with Gasteiger partial charge in [-0.05, 0) is 31.5 Å². The summed E-state index contributed by atoms with van der Waals surface area (Å²) >= 11 is 0. The molecule has 0 unspecified atom stereocenters. The smallest absolute Gasteiger partial charge is 0.270 e. The largest absolute Gasteiger partial charge is 0.271 e. The Bertz CT molecular complexity index is 1030. The summed E-state index contributed by atoms with van der Waals surface area (Å²) in [6.07, 6.45) is 1.01. The third kappa shape index (κ3) is 5.61. The van der Waals surface area contributed by atoms with Crippen LogP contribution < -0.4 is 9.73 Å². The van der Waals surface area contributed by atoms with Crippen LogP contribution in [0, 0.1) is 17.0 Å². The molecule has 2 aromatic rings. The second-order valence-electron chi connectivity index (χ2n) is 6.15. The van der Waals surface area contributed by atoms with E-state index in [1.165, 1.54) is 18.2 Å². The fraction of sp³-hybridized carbons (Fsp3) is 0.222. The number of hydrazone groups is 1. The van der Waals surface area contributed by atoms with E-state index in [-0.39, 0.29) is 5.69 Å². The Balaban J connectivity index is 2.16. The SMILES string of the molecule is C/C(=N/NC(=O)CN(c1cccc(C)c1)S(C)(=O)=O)c1cccc([N+](=O)[O-])c1. The Kier molecular flexibility index (Phi) is 6.47. The summed E-state index contributed by atoms with van der Waals surface area (Å²) in [4.78, 5) is 22.6. The summed E-state index contributed by atoms with van der Waals surface area (Å²) in [7, 11) is -3.69. The minimum absolute atomic E-state index is 0.0962. The molecule has 2 rings (SSSR count). The number of amides is 1. The van der Waals surface area contributed by atoms with Crippen LogP contribution in [0.3, 0.4) is 0 Å². The number of anilines is 1. The molecule has 28 heavy (non-hydrogen) atoms. The Hall–Kier alpha value is -3.27. The van der Waals surface area contributed by atoms with E-state index in [9.17, 15) is 23.3 Å². The van der Waals surface area contributed by atoms with Gasteiger partial charge in [0.15, 0.2) is 0 Å². The molecule has 1 N–H and O–H groups in total. The van der Waals surface area contributed by atoms with E-state index in [2.05, 4.69) is 10.5 Å². The molecule has 0 aliphatic rings. The van der Waals surface area contributed by atoms with Gasteiger partial charge in [0.25, 0.3) is 11.6 Å². The van der Waals surface area contributed by atoms with Crippen molar-refractivity contribution in [2.24, 2.45) is 5.10 Å². The summed E-state index contributed by atoms with van der Waals surface area (Å²) in [5.41, 5.74) is 4.23. The van der Waals surface area contributed by atoms with Crippen LogP contribution in [0.25, 0.3) is 0 Å². The number of nitrogens with one attached hydrogen (secondary N) is 1. The number of hydrogen-bond acceptors (Lipinski definition) is 6. The van der Waals surface area contributed by atoms with Crippen molar-refractivity contribution in [3.05, 3.63) is 69.8 Å². The van der Waals surface area contributed by atoms with Crippen LogP contribution in [0.4, 0.5) is 11.4 Å². The number of sulfonamides is 1. The maximum atomic E-state index is 12.2. The topological polar surface area (TPSA) is 122 Å². The maximum absolute atomic E-state index is 12.2. The van der Waals surface area contributed by atoms with Gasteiger partial charge >= 0.3 is 0 Å². The minimum atomic E-state index is -3.69. The van der Waals surface area contributed by atoms with E-state index in [0.717, 1.165) is 16.1 Å². The van der Waals surface area contributed by atoms with Crippen molar-refractivity contribution in [3.63, 3.8) is 0 Å². The van der Waals surface area contributed by atoms with Crippen molar-refractivity contribution in [2.45, 2.75) is 13.8 Å². The lowest BCUT2D eigenvalue weighted by atomic mass is 10.1. The molecule has 10 heteroatoms. The summed E-state index contributed by atoms with van der Waals surface area (Å²) in [5.74, 6) is -0.642. The van der Waals surface area contributed by atoms with Gasteiger partial charge in [-0.15, -0.1) is 0 Å². The highest BCUT2D eigenvalue weighted by Gasteiger charge is 2.21. The first-order valence-electron chi connectivity index (χ1n) is 8.20. The van der Waals surface area contributed by atoms with Crippen LogP contribution in [0.2, 0.25) is 0 Å². The lowest BCUT2D eigenvalue weighted by Crippen LogP contribution is -2.39. The van der Waals surface area contributed by atoms with Crippen LogP contribution in [-0.4, -0.2) is 37.8 Å². The first-order chi connectivity index (χ1) is 13.1. The predicted octanol–water partition coefficient (Wildman–Crippen LogP) is 2.21. The van der Waals surface area contributed by atoms with Crippen molar-refractivity contribution >= 4 is 33.0 Å². The van der Waals surface area contributed by atoms with E-state index in [4.69, 9.17) is 0 Å². The van der Waals surface area contributed by atoms with E-state index < -0.39 is 27.4 Å². The molecule has 0 bridgehead atoms. The van der Waals surface area contributed by atoms with Gasteiger partial charge in [0, 0.05) is 17.7 Å². The maximum Gasteiger partial charge on any atom is 0.270 e. The summed E-state index contributed by atoms with van der Waals surface area (Å²) < 4.78 is 25.2. The highest BCUT2D eigenvalue weighted by Crippen LogP contribution is 2.18. The quantitative estimate of drug-likeness (QED) is 0.431. The molecule has 0 aromatic heterocycles. The Morgan fingerprint density at radius 1 is 1.21 bits per heavy atom. The second-order valence-corrected chi connectivity index (χ2v) is 8.06. The van der Waals surface area contributed by atoms with Crippen LogP contribution >= 0.6 is 0 Å². The van der Waals surface area contributed by atoms with Crippen molar-refractivity contribution in [3.8, 4) is 0 Å². The van der Waals surface area contributed by atoms with Gasteiger partial charge < -0.3 is 0 Å². The zero-order chi connectivity index (χ0) is 20.9. The lowest BCUT2D eigenvalue weighted by molar-refractivity contribution is -0.384. The number of hydrogen-bond donors (Lipinski definition) is 1. The minimum Gasteiger partial charge on any atom is -0.271 e. The molecule has 9 nitrogen and oxygen atoms in total. The number of rotatable bonds is 7. The Labute approximate surface area is 162 Å². The molecule has 148 valence electrons. The number of carbonyl (C=O) groups excluding carboxylic acids is 1. The van der Waals surface area contributed by atoms with E-state index in [1.807, 2.05) is 13.0 Å². The van der Waals surface area contributed by atoms with E-state index in [0.29, 0.717) is 17.0 Å². The summed E-state index contributed by atoms with van der Waals surface area (Å²) in [6.45, 7) is 2.94. The highest BCUT2D eigenvalue weighted by atomic mass is 32.2. The van der Waals surface area contributed by atoms with Crippen LogP contribution in [-0.2, 0) is 14.8 Å². The van der Waals surface area contributed by atoms with E-state index in [1.54, 1.807) is 31.2 Å². The van der Waals surface area contributed by atoms with Gasteiger partial charge in [-0.25, -0.2) is 13.8 Å². The standard InChI is InChI=1S/C18H20N4O5S/c1-13-6-4-8-16(10-13)21(28(3,26)27)12-18(23)20-19-14(2)15-7-5-9-17(11-15)22(24)25/h4-11H,12H2,1-3H3,(H,20,23)/b19-14-. The molecular weight excluding hydrogens is 384 g/mol. The van der Waals surface area contributed by atoms with Gasteiger partial charge in [-0.1, -0.05) is 24.3 Å². The molecular formula is C18H20N4O5S. The van der Waals surface area contributed by atoms with Gasteiger partial charge in [-0.2, -0.15) is 5.10 Å². The van der Waals surface area contributed by atoms with Crippen molar-refractivity contribution in [2.75, 3.05) is 17.1 Å². The third-order valence-corrected chi connectivity index (χ3v) is 4.94. The molecule has 0 radical (unpaired) electrons. The fourth-order valence-corrected chi connectivity index (χ4v) is 3.25. The molecule has 0 fully saturated rings. The molecule has 0 atom stereocenters. The number of non-ortho nitro benzene ring substituents is 1. The molecule has 1 amide bonds. The zero-order valence-electron chi connectivity index (χ0n) is 15.6. The molecule has 0 saturated heterocycles. The number of nitro benzene ring substituents is 1. The van der Waals surface area contributed by atoms with E-state index >= 15 is 0 Å². The molecule has 0 heterocycles. The van der Waals surface area contributed by atoms with Crippen molar-refractivity contribution in [1.29, 1.82) is 0 Å². The molecule has 0 saturated carbocycles. The second kappa shape index (κ2) is 8.61. The van der Waals surface area contributed by atoms with Crippen molar-refractivity contribution in [1.82, 2.24) is 5.43 Å². The molecule has 0 aliphatic heterocycles. The first kappa shape index (κ1) is 21.0. The van der Waals surface area contributed by atoms with Crippen molar-refractivity contribution < 1.29 is 18.1 Å². The van der Waals surface area contributed by atoms with Gasteiger partial charge in [-0.3, -0.25) is 19.2 Å². The van der Waals surface area contributed by atoms with Crippen LogP contribution in [0.15, 0.2) is 53.6 Å². The average molecular weight is 404 g/mol. The number of aryl methyl sites for hydroxylation is 1. The first-order valence-corrected chi connectivity index (χ1v) is 10.0. The lowest BCUT2D eigenvalue weighted by Gasteiger charge is -2.21. The number of benzene rings is 2. The Morgan fingerprint density at radius 3 is 2.50 bits per heavy atom. The molecule has 0 aliphatic carbocycles. The number of nitro groups is 1. The normalized spacial score (nSPS) is 11.8. The average Bonchev–Trinajstić information content (AvgIpc) is 2.63.